The van der Waals surface area contributed by atoms with E-state index in [1.54, 1.807) is 24.3 Å². The van der Waals surface area contributed by atoms with Gasteiger partial charge in [0.15, 0.2) is 5.16 Å². The SMILES string of the molecule is Cc1ccc(C)c(-n2c(SCC(=O)[O-])nc3ccccc3c2=O)c1. The van der Waals surface area contributed by atoms with Crippen LogP contribution in [-0.2, 0) is 4.79 Å². The van der Waals surface area contributed by atoms with Crippen LogP contribution in [0.3, 0.4) is 0 Å². The summed E-state index contributed by atoms with van der Waals surface area (Å²) in [5.41, 5.74) is 2.96. The van der Waals surface area contributed by atoms with Crippen molar-refractivity contribution in [3.05, 3.63) is 63.9 Å². The normalized spacial score (nSPS) is 10.9. The Morgan fingerprint density at radius 1 is 1.21 bits per heavy atom. The molecule has 0 aliphatic rings. The van der Waals surface area contributed by atoms with Gasteiger partial charge in [-0.25, -0.2) is 4.98 Å². The molecular formula is C18H15N2O3S-. The fourth-order valence-corrected chi connectivity index (χ4v) is 3.23. The first-order valence-electron chi connectivity index (χ1n) is 7.39. The molecule has 6 heteroatoms. The third-order valence-corrected chi connectivity index (χ3v) is 4.58. The fraction of sp³-hybridized carbons (Fsp3) is 0.167. The van der Waals surface area contributed by atoms with Crippen molar-refractivity contribution in [2.75, 3.05) is 5.75 Å². The molecule has 0 aliphatic heterocycles. The summed E-state index contributed by atoms with van der Waals surface area (Å²) in [5.74, 6) is -1.47. The molecule has 0 atom stereocenters. The van der Waals surface area contributed by atoms with Crippen LogP contribution in [0.5, 0.6) is 0 Å². The molecule has 0 fully saturated rings. The number of fused-ring (bicyclic) bond motifs is 1. The first-order valence-corrected chi connectivity index (χ1v) is 8.38. The van der Waals surface area contributed by atoms with Crippen molar-refractivity contribution in [3.63, 3.8) is 0 Å². The molecule has 122 valence electrons. The van der Waals surface area contributed by atoms with Crippen LogP contribution in [0.15, 0.2) is 52.4 Å². The highest BCUT2D eigenvalue weighted by Crippen LogP contribution is 2.23. The lowest BCUT2D eigenvalue weighted by atomic mass is 10.1. The first-order chi connectivity index (χ1) is 11.5. The average Bonchev–Trinajstić information content (AvgIpc) is 2.56. The number of thioether (sulfide) groups is 1. The van der Waals surface area contributed by atoms with Crippen LogP contribution in [0.25, 0.3) is 16.6 Å². The number of carbonyl (C=O) groups is 1. The predicted octanol–water partition coefficient (Wildman–Crippen LogP) is 1.84. The van der Waals surface area contributed by atoms with Gasteiger partial charge in [0.1, 0.15) is 0 Å². The van der Waals surface area contributed by atoms with Crippen LogP contribution < -0.4 is 10.7 Å². The lowest BCUT2D eigenvalue weighted by Gasteiger charge is -2.16. The number of aliphatic carboxylic acids is 1. The van der Waals surface area contributed by atoms with Crippen molar-refractivity contribution in [1.82, 2.24) is 9.55 Å². The molecule has 3 rings (SSSR count). The second-order valence-corrected chi connectivity index (χ2v) is 6.45. The van der Waals surface area contributed by atoms with E-state index >= 15 is 0 Å². The maximum atomic E-state index is 13.0. The van der Waals surface area contributed by atoms with Crippen LogP contribution >= 0.6 is 11.8 Å². The average molecular weight is 339 g/mol. The van der Waals surface area contributed by atoms with Crippen molar-refractivity contribution in [1.29, 1.82) is 0 Å². The number of benzene rings is 2. The van der Waals surface area contributed by atoms with Gasteiger partial charge in [-0.1, -0.05) is 36.0 Å². The molecule has 0 N–H and O–H groups in total. The highest BCUT2D eigenvalue weighted by Gasteiger charge is 2.15. The number of nitrogens with zero attached hydrogens (tertiary/aromatic N) is 2. The number of carboxylic acids is 1. The van der Waals surface area contributed by atoms with Gasteiger partial charge >= 0.3 is 0 Å². The smallest absolute Gasteiger partial charge is 0.266 e. The Labute approximate surface area is 143 Å². The maximum absolute atomic E-state index is 13.0. The molecule has 3 aromatic rings. The van der Waals surface area contributed by atoms with Crippen molar-refractivity contribution in [2.45, 2.75) is 19.0 Å². The maximum Gasteiger partial charge on any atom is 0.266 e. The van der Waals surface area contributed by atoms with Crippen molar-refractivity contribution >= 4 is 28.6 Å². The summed E-state index contributed by atoms with van der Waals surface area (Å²) in [7, 11) is 0. The number of carbonyl (C=O) groups excluding carboxylic acids is 1. The fourth-order valence-electron chi connectivity index (χ4n) is 2.51. The molecule has 0 unspecified atom stereocenters. The standard InChI is InChI=1S/C18H16N2O3S/c1-11-7-8-12(2)15(9-11)20-17(23)13-5-3-4-6-14(13)19-18(20)24-10-16(21)22/h3-9H,10H2,1-2H3,(H,21,22)/p-1. The predicted molar refractivity (Wildman–Crippen MR) is 92.5 cm³/mol. The molecule has 1 aromatic heterocycles. The number of aromatic nitrogens is 2. The summed E-state index contributed by atoms with van der Waals surface area (Å²) in [6.45, 7) is 3.85. The Hall–Kier alpha value is -2.60. The third kappa shape index (κ3) is 3.05. The van der Waals surface area contributed by atoms with Crippen LogP contribution in [0.2, 0.25) is 0 Å². The van der Waals surface area contributed by atoms with E-state index < -0.39 is 5.97 Å². The molecule has 0 bridgehead atoms. The summed E-state index contributed by atoms with van der Waals surface area (Å²) >= 11 is 0.983. The van der Waals surface area contributed by atoms with Gasteiger partial charge in [-0.15, -0.1) is 0 Å². The summed E-state index contributed by atoms with van der Waals surface area (Å²) in [6.07, 6.45) is 0. The van der Waals surface area contributed by atoms with Crippen LogP contribution in [0, 0.1) is 13.8 Å². The second-order valence-electron chi connectivity index (χ2n) is 5.50. The zero-order valence-electron chi connectivity index (χ0n) is 13.3. The van der Waals surface area contributed by atoms with Gasteiger partial charge in [0.2, 0.25) is 0 Å². The van der Waals surface area contributed by atoms with Gasteiger partial charge in [-0.05, 0) is 43.2 Å². The highest BCUT2D eigenvalue weighted by molar-refractivity contribution is 7.99. The lowest BCUT2D eigenvalue weighted by Crippen LogP contribution is -2.26. The summed E-state index contributed by atoms with van der Waals surface area (Å²) in [4.78, 5) is 28.3. The Morgan fingerprint density at radius 3 is 2.71 bits per heavy atom. The first kappa shape index (κ1) is 16.3. The highest BCUT2D eigenvalue weighted by atomic mass is 32.2. The molecule has 0 saturated carbocycles. The molecule has 0 amide bonds. The molecule has 1 heterocycles. The van der Waals surface area contributed by atoms with E-state index in [0.717, 1.165) is 22.9 Å². The Kier molecular flexibility index (Phi) is 4.40. The van der Waals surface area contributed by atoms with E-state index in [1.165, 1.54) is 4.57 Å². The number of rotatable bonds is 4. The number of hydrogen-bond acceptors (Lipinski definition) is 5. The van der Waals surface area contributed by atoms with Gasteiger partial charge in [0.05, 0.1) is 22.6 Å². The molecular weight excluding hydrogens is 324 g/mol. The summed E-state index contributed by atoms with van der Waals surface area (Å²) < 4.78 is 1.48. The van der Waals surface area contributed by atoms with E-state index in [2.05, 4.69) is 4.98 Å². The Morgan fingerprint density at radius 2 is 1.96 bits per heavy atom. The van der Waals surface area contributed by atoms with Gasteiger partial charge in [0, 0.05) is 5.75 Å². The molecule has 0 radical (unpaired) electrons. The molecule has 0 saturated heterocycles. The van der Waals surface area contributed by atoms with Gasteiger partial charge in [-0.2, -0.15) is 0 Å². The van der Waals surface area contributed by atoms with Crippen molar-refractivity contribution < 1.29 is 9.90 Å². The van der Waals surface area contributed by atoms with E-state index in [1.807, 2.05) is 32.0 Å². The minimum atomic E-state index is -1.20. The molecule has 0 aliphatic carbocycles. The van der Waals surface area contributed by atoms with E-state index in [9.17, 15) is 14.7 Å². The molecule has 2 aromatic carbocycles. The quantitative estimate of drug-likeness (QED) is 0.536. The Balaban J connectivity index is 2.32. The minimum Gasteiger partial charge on any atom is -0.549 e. The lowest BCUT2D eigenvalue weighted by molar-refractivity contribution is -0.301. The minimum absolute atomic E-state index is 0.213. The van der Waals surface area contributed by atoms with Gasteiger partial charge in [-0.3, -0.25) is 9.36 Å². The van der Waals surface area contributed by atoms with Crippen molar-refractivity contribution in [3.8, 4) is 5.69 Å². The largest absolute Gasteiger partial charge is 0.549 e. The molecule has 24 heavy (non-hydrogen) atoms. The third-order valence-electron chi connectivity index (χ3n) is 3.67. The molecule has 5 nitrogen and oxygen atoms in total. The monoisotopic (exact) mass is 339 g/mol. The number of hydrogen-bond donors (Lipinski definition) is 0. The van der Waals surface area contributed by atoms with Gasteiger partial charge in [0.25, 0.3) is 5.56 Å². The summed E-state index contributed by atoms with van der Waals surface area (Å²) in [6, 6.07) is 12.8. The zero-order valence-corrected chi connectivity index (χ0v) is 14.1. The second kappa shape index (κ2) is 6.49. The number of para-hydroxylation sites is 1. The topological polar surface area (TPSA) is 75.0 Å². The van der Waals surface area contributed by atoms with E-state index in [-0.39, 0.29) is 11.3 Å². The summed E-state index contributed by atoms with van der Waals surface area (Å²) in [5, 5.41) is 11.7. The van der Waals surface area contributed by atoms with Crippen LogP contribution in [0.4, 0.5) is 0 Å². The molecule has 0 spiro atoms. The van der Waals surface area contributed by atoms with Crippen molar-refractivity contribution in [2.24, 2.45) is 0 Å². The van der Waals surface area contributed by atoms with Crippen LogP contribution in [0.1, 0.15) is 11.1 Å². The number of aryl methyl sites for hydroxylation is 2. The van der Waals surface area contributed by atoms with E-state index in [0.29, 0.717) is 21.7 Å². The Bertz CT molecular complexity index is 995. The zero-order chi connectivity index (χ0) is 17.3. The number of carboxylic acid groups (broad SMARTS) is 1. The van der Waals surface area contributed by atoms with Crippen LogP contribution in [-0.4, -0.2) is 21.3 Å². The van der Waals surface area contributed by atoms with Gasteiger partial charge < -0.3 is 9.90 Å². The van der Waals surface area contributed by atoms with E-state index in [4.69, 9.17) is 0 Å².